The zero-order valence-corrected chi connectivity index (χ0v) is 39.4. The largest absolute Gasteiger partial charge is 0.507 e. The highest BCUT2D eigenvalue weighted by Gasteiger charge is 2.50. The number of phenolic OH excluding ortho intramolecular Hbond substituents is 3. The third-order valence-electron chi connectivity index (χ3n) is 14.4. The highest BCUT2D eigenvalue weighted by atomic mass is 16.7. The lowest BCUT2D eigenvalue weighted by Gasteiger charge is -2.41. The average Bonchev–Trinajstić information content (AvgIpc) is 3.55. The van der Waals surface area contributed by atoms with E-state index in [0.717, 1.165) is 12.8 Å². The van der Waals surface area contributed by atoms with Crippen molar-refractivity contribution in [1.82, 2.24) is 9.80 Å². The number of hydrogen-bond donors (Lipinski definition) is 7. The van der Waals surface area contributed by atoms with E-state index in [4.69, 9.17) is 18.9 Å². The quantitative estimate of drug-likeness (QED) is 0.107. The number of amides is 1. The minimum Gasteiger partial charge on any atom is -0.507 e. The number of likely N-dealkylation sites (tertiary alicyclic amines) is 2. The molecule has 17 nitrogen and oxygen atoms in total. The Kier molecular flexibility index (Phi) is 15.5. The number of ether oxygens (including phenoxy) is 4. The molecule has 9 atom stereocenters. The summed E-state index contributed by atoms with van der Waals surface area (Å²) in [6, 6.07) is 0.223. The monoisotopic (exact) mass is 921 g/mol. The first-order valence-corrected chi connectivity index (χ1v) is 22.9. The molecule has 0 unspecified atom stereocenters. The maximum Gasteiger partial charge on any atom is 0.312 e. The predicted octanol–water partition coefficient (Wildman–Crippen LogP) is 5.52. The number of aliphatic hydroxyl groups is 2. The molecule has 2 aromatic rings. The summed E-state index contributed by atoms with van der Waals surface area (Å²) in [6.45, 7) is 15.1. The van der Waals surface area contributed by atoms with E-state index in [2.05, 4.69) is 15.1 Å². The molecule has 5 heterocycles. The van der Waals surface area contributed by atoms with Crippen molar-refractivity contribution in [2.75, 3.05) is 38.6 Å². The summed E-state index contributed by atoms with van der Waals surface area (Å²) >= 11 is 0. The van der Waals surface area contributed by atoms with Crippen molar-refractivity contribution in [1.29, 1.82) is 0 Å². The van der Waals surface area contributed by atoms with E-state index in [1.54, 1.807) is 46.8 Å². The van der Waals surface area contributed by atoms with Gasteiger partial charge in [0.25, 0.3) is 11.7 Å². The van der Waals surface area contributed by atoms with Crippen molar-refractivity contribution in [3.63, 3.8) is 0 Å². The highest BCUT2D eigenvalue weighted by Crippen LogP contribution is 2.55. The molecular weight excluding hydrogens is 855 g/mol. The van der Waals surface area contributed by atoms with E-state index >= 15 is 0 Å². The molecule has 0 aromatic heterocycles. The number of anilines is 1. The Morgan fingerprint density at radius 3 is 2.14 bits per heavy atom. The van der Waals surface area contributed by atoms with Crippen LogP contribution in [-0.2, 0) is 35.1 Å². The molecule has 66 heavy (non-hydrogen) atoms. The maximum atomic E-state index is 14.6. The van der Waals surface area contributed by atoms with Crippen LogP contribution >= 0.6 is 0 Å². The lowest BCUT2D eigenvalue weighted by molar-refractivity contribution is -0.160. The second-order valence-electron chi connectivity index (χ2n) is 18.8. The van der Waals surface area contributed by atoms with Crippen molar-refractivity contribution in [3.8, 4) is 23.0 Å². The third kappa shape index (κ3) is 9.91. The number of nitrogens with zero attached hydrogens (tertiary/aromatic N) is 2. The van der Waals surface area contributed by atoms with Gasteiger partial charge in [-0.05, 0) is 71.8 Å². The van der Waals surface area contributed by atoms with E-state index < -0.39 is 94.8 Å². The number of carbonyl (C=O) groups excluding carboxylic acids is 3. The van der Waals surface area contributed by atoms with Crippen LogP contribution in [0, 0.1) is 36.5 Å². The summed E-state index contributed by atoms with van der Waals surface area (Å²) in [4.78, 5) is 56.9. The summed E-state index contributed by atoms with van der Waals surface area (Å²) in [6.07, 6.45) is 6.25. The number of aliphatic hydroxyl groups excluding tert-OH is 2. The smallest absolute Gasteiger partial charge is 0.312 e. The van der Waals surface area contributed by atoms with Gasteiger partial charge in [-0.3, -0.25) is 24.1 Å². The van der Waals surface area contributed by atoms with Gasteiger partial charge in [-0.1, -0.05) is 45.9 Å². The van der Waals surface area contributed by atoms with Crippen LogP contribution in [0.4, 0.5) is 5.69 Å². The number of carboxylic acid groups (broad SMARTS) is 1. The maximum absolute atomic E-state index is 14.6. The molecule has 7 rings (SSSR count). The number of rotatable bonds is 6. The number of nitrogens with one attached hydrogen (secondary N) is 1. The minimum absolute atomic E-state index is 0.0272. The molecule has 2 fully saturated rings. The highest BCUT2D eigenvalue weighted by molar-refractivity contribution is 6.22. The fourth-order valence-electron chi connectivity index (χ4n) is 10.1. The molecule has 362 valence electrons. The molecular formula is C49H67N3O14. The van der Waals surface area contributed by atoms with E-state index in [1.807, 2.05) is 0 Å². The summed E-state index contributed by atoms with van der Waals surface area (Å²) in [7, 11) is 1.44. The van der Waals surface area contributed by atoms with Crippen molar-refractivity contribution >= 4 is 40.1 Å². The number of aliphatic carboxylic acids is 1. The molecule has 0 spiro atoms. The van der Waals surface area contributed by atoms with Gasteiger partial charge in [0, 0.05) is 79.3 Å². The van der Waals surface area contributed by atoms with Crippen LogP contribution in [0.25, 0.3) is 10.8 Å². The molecule has 2 aromatic carbocycles. The Hall–Kier alpha value is -5.20. The lowest BCUT2D eigenvalue weighted by atomic mass is 9.78. The number of fused-ring (bicyclic) bond motifs is 14. The van der Waals surface area contributed by atoms with Gasteiger partial charge in [0.1, 0.15) is 23.4 Å². The SMILES string of the molecule is CO[C@H]1/C=C/O[C@@]2(C)Oc3c(C)c(O)c4c(O)c(c(CN5CCC(N6CCC(C(=O)O)CC6)CC5)c(O)c4c3C2=O)NC(=O)/C(C)=C\C=C\[C@H](C)[C@H](O)[C@@H](C)[C@@H](O)[C@@H](C)[C@H](OC(C)=O)[C@@H]1C. The van der Waals surface area contributed by atoms with Gasteiger partial charge in [-0.2, -0.15) is 0 Å². The number of Topliss-reactive ketones (excluding diaryl/α,β-unsaturated/α-hetero) is 1. The summed E-state index contributed by atoms with van der Waals surface area (Å²) < 4.78 is 23.8. The van der Waals surface area contributed by atoms with Crippen LogP contribution in [0.15, 0.2) is 36.1 Å². The zero-order chi connectivity index (χ0) is 48.5. The molecule has 17 heteroatoms. The van der Waals surface area contributed by atoms with E-state index in [0.29, 0.717) is 39.0 Å². The second kappa shape index (κ2) is 20.3. The number of allylic oxidation sites excluding steroid dienone is 2. The van der Waals surface area contributed by atoms with Gasteiger partial charge < -0.3 is 59.8 Å². The Morgan fingerprint density at radius 1 is 0.879 bits per heavy atom. The molecule has 5 aliphatic rings. The van der Waals surface area contributed by atoms with E-state index in [9.17, 15) is 49.8 Å². The zero-order valence-electron chi connectivity index (χ0n) is 39.4. The topological polar surface area (TPSA) is 245 Å². The Balaban J connectivity index is 1.43. The number of ketones is 1. The van der Waals surface area contributed by atoms with Gasteiger partial charge in [0.2, 0.25) is 0 Å². The number of esters is 1. The van der Waals surface area contributed by atoms with Crippen molar-refractivity contribution in [2.45, 2.75) is 124 Å². The Labute approximate surface area is 385 Å². The lowest BCUT2D eigenvalue weighted by Crippen LogP contribution is -2.48. The van der Waals surface area contributed by atoms with Crippen molar-refractivity contribution < 1.29 is 68.8 Å². The van der Waals surface area contributed by atoms with Crippen LogP contribution in [-0.4, -0.2) is 134 Å². The van der Waals surface area contributed by atoms with Gasteiger partial charge in [-0.15, -0.1) is 0 Å². The molecule has 2 saturated heterocycles. The molecule has 5 aliphatic heterocycles. The fourth-order valence-corrected chi connectivity index (χ4v) is 10.1. The third-order valence-corrected chi connectivity index (χ3v) is 14.4. The number of piperidine rings is 2. The number of carbonyl (C=O) groups is 4. The first kappa shape index (κ1) is 50.2. The standard InChI is InChI=1S/C49H67N3O14/c1-24-11-10-12-25(2)47(60)50-38-33(23-51-18-15-32(16-19-51)52-20-13-31(14-21-52)48(61)62)42(57)35-36(43(38)58)41(56)29(6)45-37(35)46(59)49(8,66-45)64-22-17-34(63-9)26(3)44(65-30(7)53)28(5)40(55)27(4)39(24)54/h10-12,17,22,24,26-28,31-32,34,39-40,44,54-58H,13-16,18-21,23H2,1-9H3,(H,50,60)(H,61,62)/b11-10+,22-17+,25-12-/t24-,26+,27+,28+,34-,39-,40+,44+,49-/m0/s1. The first-order valence-electron chi connectivity index (χ1n) is 22.9. The van der Waals surface area contributed by atoms with Crippen molar-refractivity contribution in [3.05, 3.63) is 52.8 Å². The van der Waals surface area contributed by atoms with Crippen LogP contribution in [0.1, 0.15) is 95.6 Å². The van der Waals surface area contributed by atoms with Gasteiger partial charge in [-0.25, -0.2) is 0 Å². The number of methoxy groups -OCH3 is 1. The summed E-state index contributed by atoms with van der Waals surface area (Å²) in [5.74, 6) is -9.28. The summed E-state index contributed by atoms with van der Waals surface area (Å²) in [5, 5.41) is 71.1. The molecule has 0 aliphatic carbocycles. The first-order chi connectivity index (χ1) is 31.1. The Bertz CT molecular complexity index is 2280. The fraction of sp³-hybridized carbons (Fsp3) is 0.592. The van der Waals surface area contributed by atoms with Gasteiger partial charge in [0.15, 0.2) is 5.75 Å². The molecule has 5 bridgehead atoms. The summed E-state index contributed by atoms with van der Waals surface area (Å²) in [5.41, 5.74) is 0.0315. The Morgan fingerprint density at radius 2 is 1.53 bits per heavy atom. The average molecular weight is 922 g/mol. The van der Waals surface area contributed by atoms with Gasteiger partial charge >= 0.3 is 17.7 Å². The number of aromatic hydroxyl groups is 3. The molecule has 7 N–H and O–H groups in total. The van der Waals surface area contributed by atoms with Crippen LogP contribution < -0.4 is 10.1 Å². The molecule has 0 saturated carbocycles. The number of phenols is 3. The van der Waals surface area contributed by atoms with Crippen LogP contribution in [0.5, 0.6) is 23.0 Å². The minimum atomic E-state index is -2.05. The van der Waals surface area contributed by atoms with Crippen molar-refractivity contribution in [2.24, 2.45) is 29.6 Å². The molecule has 0 radical (unpaired) electrons. The molecule has 1 amide bonds. The number of hydrogen-bond acceptors (Lipinski definition) is 15. The van der Waals surface area contributed by atoms with E-state index in [-0.39, 0.29) is 63.0 Å². The second-order valence-corrected chi connectivity index (χ2v) is 18.8. The predicted molar refractivity (Wildman–Crippen MR) is 244 cm³/mol. The number of benzene rings is 2. The van der Waals surface area contributed by atoms with E-state index in [1.165, 1.54) is 46.3 Å². The van der Waals surface area contributed by atoms with Crippen LogP contribution in [0.3, 0.4) is 0 Å². The van der Waals surface area contributed by atoms with Crippen LogP contribution in [0.2, 0.25) is 0 Å². The number of carboxylic acids is 1. The normalized spacial score (nSPS) is 32.0. The van der Waals surface area contributed by atoms with Gasteiger partial charge in [0.05, 0.1) is 47.1 Å².